The monoisotopic (exact) mass is 285 g/mol. The van der Waals surface area contributed by atoms with Crippen molar-refractivity contribution in [2.24, 2.45) is 7.05 Å². The molecular weight excluding hydrogens is 274 g/mol. The number of Topliss-reactive ketones (excluding diaryl/α,β-unsaturated/α-hetero) is 1. The van der Waals surface area contributed by atoms with E-state index in [1.807, 2.05) is 0 Å². The van der Waals surface area contributed by atoms with Crippen molar-refractivity contribution in [3.8, 4) is 0 Å². The molecule has 2 rings (SSSR count). The van der Waals surface area contributed by atoms with Crippen LogP contribution in [0.15, 0.2) is 4.60 Å². The number of nitrogens with zero attached hydrogens (tertiary/aromatic N) is 1. The molecule has 16 heavy (non-hydrogen) atoms. The first-order valence-electron chi connectivity index (χ1n) is 5.15. The minimum absolute atomic E-state index is 0.0908. The highest BCUT2D eigenvalue weighted by atomic mass is 79.9. The van der Waals surface area contributed by atoms with Gasteiger partial charge in [-0.05, 0) is 34.8 Å². The SMILES string of the molecule is CCOC(=O)c1c2c(c(Br)n1C)C(=O)CC2. The number of carbonyl (C=O) groups excluding carboxylic acids is 2. The van der Waals surface area contributed by atoms with E-state index in [0.29, 0.717) is 35.3 Å². The van der Waals surface area contributed by atoms with Crippen LogP contribution in [0.1, 0.15) is 39.8 Å². The second-order valence-electron chi connectivity index (χ2n) is 3.70. The second kappa shape index (κ2) is 4.05. The summed E-state index contributed by atoms with van der Waals surface area (Å²) >= 11 is 3.35. The lowest BCUT2D eigenvalue weighted by atomic mass is 10.2. The highest BCUT2D eigenvalue weighted by molar-refractivity contribution is 9.10. The molecule has 0 aromatic carbocycles. The van der Waals surface area contributed by atoms with Crippen molar-refractivity contribution in [2.45, 2.75) is 19.8 Å². The first-order valence-corrected chi connectivity index (χ1v) is 5.94. The zero-order valence-electron chi connectivity index (χ0n) is 9.17. The van der Waals surface area contributed by atoms with Crippen molar-refractivity contribution in [3.63, 3.8) is 0 Å². The van der Waals surface area contributed by atoms with Crippen LogP contribution in [-0.4, -0.2) is 22.9 Å². The fraction of sp³-hybridized carbons (Fsp3) is 0.455. The summed E-state index contributed by atoms with van der Waals surface area (Å²) in [6, 6.07) is 0. The number of halogens is 1. The number of ketones is 1. The van der Waals surface area contributed by atoms with E-state index in [2.05, 4.69) is 15.9 Å². The average molecular weight is 286 g/mol. The van der Waals surface area contributed by atoms with E-state index in [1.54, 1.807) is 18.5 Å². The van der Waals surface area contributed by atoms with Crippen molar-refractivity contribution >= 4 is 27.7 Å². The number of ether oxygens (including phenoxy) is 1. The van der Waals surface area contributed by atoms with Crippen LogP contribution < -0.4 is 0 Å². The van der Waals surface area contributed by atoms with Gasteiger partial charge >= 0.3 is 5.97 Å². The Morgan fingerprint density at radius 1 is 1.50 bits per heavy atom. The van der Waals surface area contributed by atoms with Gasteiger partial charge in [-0.2, -0.15) is 0 Å². The number of aromatic nitrogens is 1. The Labute approximate surface area is 102 Å². The summed E-state index contributed by atoms with van der Waals surface area (Å²) in [6.07, 6.45) is 1.11. The molecule has 1 aliphatic rings. The fourth-order valence-electron chi connectivity index (χ4n) is 2.06. The van der Waals surface area contributed by atoms with Crippen LogP contribution in [-0.2, 0) is 18.2 Å². The summed E-state index contributed by atoms with van der Waals surface area (Å²) in [5.41, 5.74) is 1.96. The zero-order chi connectivity index (χ0) is 11.9. The van der Waals surface area contributed by atoms with Crippen molar-refractivity contribution in [1.29, 1.82) is 0 Å². The van der Waals surface area contributed by atoms with Gasteiger partial charge in [0.25, 0.3) is 0 Å². The van der Waals surface area contributed by atoms with Gasteiger partial charge in [-0.25, -0.2) is 4.79 Å². The van der Waals surface area contributed by atoms with Crippen LogP contribution in [0.2, 0.25) is 0 Å². The van der Waals surface area contributed by atoms with Crippen molar-refractivity contribution < 1.29 is 14.3 Å². The molecule has 0 spiro atoms. The minimum atomic E-state index is -0.360. The molecule has 4 nitrogen and oxygen atoms in total. The summed E-state index contributed by atoms with van der Waals surface area (Å²) in [5, 5.41) is 0. The number of rotatable bonds is 2. The molecule has 0 N–H and O–H groups in total. The quantitative estimate of drug-likeness (QED) is 0.782. The number of esters is 1. The van der Waals surface area contributed by atoms with Gasteiger partial charge < -0.3 is 9.30 Å². The van der Waals surface area contributed by atoms with E-state index in [-0.39, 0.29) is 11.8 Å². The lowest BCUT2D eigenvalue weighted by Crippen LogP contribution is -2.12. The van der Waals surface area contributed by atoms with E-state index in [4.69, 9.17) is 4.74 Å². The smallest absolute Gasteiger partial charge is 0.355 e. The first kappa shape index (κ1) is 11.4. The third kappa shape index (κ3) is 1.50. The standard InChI is InChI=1S/C11H12BrNO3/c1-3-16-11(15)9-6-4-5-7(14)8(6)10(12)13(9)2/h3-5H2,1-2H3. The number of carbonyl (C=O) groups is 2. The van der Waals surface area contributed by atoms with E-state index in [1.165, 1.54) is 0 Å². The molecule has 1 aromatic rings. The fourth-order valence-corrected chi connectivity index (χ4v) is 2.70. The van der Waals surface area contributed by atoms with Crippen LogP contribution in [0, 0.1) is 0 Å². The average Bonchev–Trinajstić information content (AvgIpc) is 2.70. The predicted octanol–water partition coefficient (Wildman–Crippen LogP) is 2.09. The Hall–Kier alpha value is -1.10. The highest BCUT2D eigenvalue weighted by Gasteiger charge is 2.32. The van der Waals surface area contributed by atoms with Gasteiger partial charge in [-0.3, -0.25) is 4.79 Å². The molecule has 0 radical (unpaired) electrons. The molecule has 5 heteroatoms. The maximum Gasteiger partial charge on any atom is 0.355 e. The Bertz CT molecular complexity index is 476. The molecule has 0 fully saturated rings. The van der Waals surface area contributed by atoms with Gasteiger partial charge in [0.2, 0.25) is 0 Å². The Balaban J connectivity index is 2.55. The number of fused-ring (bicyclic) bond motifs is 1. The molecule has 1 aromatic heterocycles. The van der Waals surface area contributed by atoms with Crippen LogP contribution in [0.3, 0.4) is 0 Å². The predicted molar refractivity (Wildman–Crippen MR) is 61.7 cm³/mol. The molecule has 0 bridgehead atoms. The molecule has 0 saturated heterocycles. The van der Waals surface area contributed by atoms with Crippen molar-refractivity contribution in [2.75, 3.05) is 6.61 Å². The highest BCUT2D eigenvalue weighted by Crippen LogP contribution is 2.34. The van der Waals surface area contributed by atoms with Gasteiger partial charge in [0.15, 0.2) is 5.78 Å². The molecule has 1 heterocycles. The van der Waals surface area contributed by atoms with Gasteiger partial charge in [0.1, 0.15) is 5.69 Å². The van der Waals surface area contributed by atoms with Gasteiger partial charge in [-0.15, -0.1) is 0 Å². The maximum atomic E-state index is 11.8. The lowest BCUT2D eigenvalue weighted by molar-refractivity contribution is 0.0513. The van der Waals surface area contributed by atoms with E-state index in [9.17, 15) is 9.59 Å². The summed E-state index contributed by atoms with van der Waals surface area (Å²) in [6.45, 7) is 2.10. The largest absolute Gasteiger partial charge is 0.461 e. The van der Waals surface area contributed by atoms with E-state index < -0.39 is 0 Å². The molecule has 0 aliphatic heterocycles. The summed E-state index contributed by atoms with van der Waals surface area (Å²) in [7, 11) is 1.75. The second-order valence-corrected chi connectivity index (χ2v) is 4.45. The van der Waals surface area contributed by atoms with Crippen LogP contribution in [0.4, 0.5) is 0 Å². The first-order chi connectivity index (χ1) is 7.57. The molecule has 0 atom stereocenters. The Morgan fingerprint density at radius 2 is 2.19 bits per heavy atom. The number of hydrogen-bond donors (Lipinski definition) is 0. The Kier molecular flexibility index (Phi) is 2.88. The molecule has 0 unspecified atom stereocenters. The zero-order valence-corrected chi connectivity index (χ0v) is 10.8. The van der Waals surface area contributed by atoms with Crippen LogP contribution in [0.25, 0.3) is 0 Å². The third-order valence-electron chi connectivity index (χ3n) is 2.77. The normalized spacial score (nSPS) is 14.1. The van der Waals surface area contributed by atoms with Gasteiger partial charge in [0, 0.05) is 13.5 Å². The molecule has 86 valence electrons. The van der Waals surface area contributed by atoms with Crippen molar-refractivity contribution in [1.82, 2.24) is 4.57 Å². The molecule has 0 saturated carbocycles. The molecule has 1 aliphatic carbocycles. The van der Waals surface area contributed by atoms with Crippen molar-refractivity contribution in [3.05, 3.63) is 21.4 Å². The topological polar surface area (TPSA) is 48.3 Å². The maximum absolute atomic E-state index is 11.8. The summed E-state index contributed by atoms with van der Waals surface area (Å²) in [4.78, 5) is 23.4. The molecular formula is C11H12BrNO3. The molecule has 0 amide bonds. The summed E-state index contributed by atoms with van der Waals surface area (Å²) < 4.78 is 7.35. The van der Waals surface area contributed by atoms with Crippen LogP contribution >= 0.6 is 15.9 Å². The lowest BCUT2D eigenvalue weighted by Gasteiger charge is -2.05. The van der Waals surface area contributed by atoms with Gasteiger partial charge in [-0.1, -0.05) is 0 Å². The number of hydrogen-bond acceptors (Lipinski definition) is 3. The summed E-state index contributed by atoms with van der Waals surface area (Å²) in [5.74, 6) is -0.269. The third-order valence-corrected chi connectivity index (χ3v) is 3.70. The van der Waals surface area contributed by atoms with E-state index >= 15 is 0 Å². The van der Waals surface area contributed by atoms with E-state index in [0.717, 1.165) is 5.56 Å². The van der Waals surface area contributed by atoms with Gasteiger partial charge in [0.05, 0.1) is 16.8 Å². The Morgan fingerprint density at radius 3 is 2.81 bits per heavy atom. The minimum Gasteiger partial charge on any atom is -0.461 e. The van der Waals surface area contributed by atoms with Crippen LogP contribution in [0.5, 0.6) is 0 Å².